The summed E-state index contributed by atoms with van der Waals surface area (Å²) in [4.78, 5) is 26.1. The van der Waals surface area contributed by atoms with Gasteiger partial charge in [-0.3, -0.25) is 15.0 Å². The fourth-order valence-corrected chi connectivity index (χ4v) is 4.50. The lowest BCUT2D eigenvalue weighted by Crippen LogP contribution is -2.72. The van der Waals surface area contributed by atoms with Gasteiger partial charge in [-0.1, -0.05) is 5.22 Å². The van der Waals surface area contributed by atoms with Crippen molar-refractivity contribution >= 4 is 27.9 Å². The number of urea groups is 1. The van der Waals surface area contributed by atoms with Crippen LogP contribution in [-0.2, 0) is 19.0 Å². The average Bonchev–Trinajstić information content (AvgIpc) is 2.99. The highest BCUT2D eigenvalue weighted by Gasteiger charge is 2.68. The van der Waals surface area contributed by atoms with Gasteiger partial charge in [0.15, 0.2) is 18.2 Å². The van der Waals surface area contributed by atoms with Crippen LogP contribution < -0.4 is 5.32 Å². The minimum absolute atomic E-state index is 0.304. The minimum atomic E-state index is -1.33. The first kappa shape index (κ1) is 14.1. The summed E-state index contributed by atoms with van der Waals surface area (Å²) in [5.41, 5.74) is 0. The molecule has 0 aromatic heterocycles. The summed E-state index contributed by atoms with van der Waals surface area (Å²) in [6.45, 7) is 4.01. The van der Waals surface area contributed by atoms with Crippen LogP contribution in [0.4, 0.5) is 4.79 Å². The van der Waals surface area contributed by atoms with E-state index < -0.39 is 40.7 Å². The number of hydrogen-bond donors (Lipinski definition) is 1. The number of hydrogen-bond acceptors (Lipinski definition) is 8. The molecule has 2 bridgehead atoms. The monoisotopic (exact) mass is 387 g/mol. The van der Waals surface area contributed by atoms with Crippen molar-refractivity contribution < 1.29 is 23.8 Å². The van der Waals surface area contributed by atoms with Crippen molar-refractivity contribution in [3.05, 3.63) is 0 Å². The average molecular weight is 388 g/mol. The molecule has 124 valence electrons. The molecule has 0 aromatic rings. The zero-order chi connectivity index (χ0) is 16.1. The summed E-state index contributed by atoms with van der Waals surface area (Å²) in [7, 11) is 0. The van der Waals surface area contributed by atoms with Crippen molar-refractivity contribution in [3.63, 3.8) is 0 Å². The molecule has 5 heterocycles. The molecule has 3 unspecified atom stereocenters. The molecule has 0 saturated carbocycles. The van der Waals surface area contributed by atoms with Crippen LogP contribution in [0.3, 0.4) is 0 Å². The third-order valence-electron chi connectivity index (χ3n) is 4.73. The predicted molar refractivity (Wildman–Crippen MR) is 74.9 cm³/mol. The molecule has 5 aliphatic heterocycles. The first-order chi connectivity index (χ1) is 10.8. The second kappa shape index (κ2) is 4.02. The molecule has 3 amide bonds. The van der Waals surface area contributed by atoms with E-state index in [2.05, 4.69) is 31.6 Å². The smallest absolute Gasteiger partial charge is 0.328 e. The van der Waals surface area contributed by atoms with Gasteiger partial charge in [-0.05, 0) is 29.8 Å². The molecule has 1 N–H and O–H groups in total. The number of nitrogens with zero attached hydrogens (tertiary/aromatic N) is 4. The number of rotatable bonds is 0. The highest BCUT2D eigenvalue weighted by atomic mass is 79.9. The Bertz CT molecular complexity index is 658. The minimum Gasteiger partial charge on any atom is -0.347 e. The molecule has 6 atom stereocenters. The molecule has 0 radical (unpaired) electrons. The maximum atomic E-state index is 12.5. The van der Waals surface area contributed by atoms with Gasteiger partial charge in [0.1, 0.15) is 18.3 Å². The lowest BCUT2D eigenvalue weighted by atomic mass is 10.0. The Labute approximate surface area is 139 Å². The summed E-state index contributed by atoms with van der Waals surface area (Å²) in [5, 5.41) is 12.0. The van der Waals surface area contributed by atoms with Crippen molar-refractivity contribution in [1.29, 1.82) is 0 Å². The van der Waals surface area contributed by atoms with Crippen molar-refractivity contribution in [2.45, 2.75) is 54.8 Å². The second-order valence-corrected chi connectivity index (χ2v) is 7.86. The second-order valence-electron chi connectivity index (χ2n) is 6.65. The Morgan fingerprint density at radius 1 is 1.30 bits per heavy atom. The quantitative estimate of drug-likeness (QED) is 0.459. The van der Waals surface area contributed by atoms with E-state index in [-0.39, 0.29) is 12.2 Å². The molecule has 11 heteroatoms. The number of carbonyl (C=O) groups is 2. The number of fused-ring (bicyclic) bond motifs is 6. The summed E-state index contributed by atoms with van der Waals surface area (Å²) in [6.07, 6.45) is -2.41. The van der Waals surface area contributed by atoms with Crippen LogP contribution in [0.5, 0.6) is 0 Å². The Morgan fingerprint density at radius 2 is 2.04 bits per heavy atom. The van der Waals surface area contributed by atoms with E-state index >= 15 is 0 Å². The van der Waals surface area contributed by atoms with Gasteiger partial charge in [0.2, 0.25) is 0 Å². The number of ether oxygens (including phenoxy) is 3. The van der Waals surface area contributed by atoms with Crippen LogP contribution >= 0.6 is 15.9 Å². The highest BCUT2D eigenvalue weighted by Crippen LogP contribution is 2.48. The molecule has 4 saturated heterocycles. The molecule has 23 heavy (non-hydrogen) atoms. The van der Waals surface area contributed by atoms with Crippen LogP contribution in [0.1, 0.15) is 13.8 Å². The van der Waals surface area contributed by atoms with Gasteiger partial charge in [0, 0.05) is 0 Å². The van der Waals surface area contributed by atoms with E-state index in [4.69, 9.17) is 14.2 Å². The number of amides is 3. The van der Waals surface area contributed by atoms with Gasteiger partial charge in [-0.15, -0.1) is 5.11 Å². The maximum absolute atomic E-state index is 12.5. The molecule has 5 aliphatic rings. The van der Waals surface area contributed by atoms with Crippen molar-refractivity contribution in [1.82, 2.24) is 15.2 Å². The van der Waals surface area contributed by atoms with Gasteiger partial charge < -0.3 is 14.2 Å². The largest absolute Gasteiger partial charge is 0.347 e. The number of carbonyl (C=O) groups excluding carboxylic acids is 2. The number of imide groups is 1. The maximum Gasteiger partial charge on any atom is 0.328 e. The van der Waals surface area contributed by atoms with E-state index in [1.165, 1.54) is 4.90 Å². The van der Waals surface area contributed by atoms with Crippen LogP contribution in [0, 0.1) is 0 Å². The topological polar surface area (TPSA) is 105 Å². The lowest BCUT2D eigenvalue weighted by Gasteiger charge is -2.44. The molecular formula is C12H14BrN5O5. The number of alkyl halides is 1. The van der Waals surface area contributed by atoms with Crippen LogP contribution in [0.25, 0.3) is 0 Å². The summed E-state index contributed by atoms with van der Waals surface area (Å²) in [6, 6.07) is -0.549. The Balaban J connectivity index is 1.60. The van der Waals surface area contributed by atoms with Crippen molar-refractivity contribution in [2.24, 2.45) is 10.3 Å². The van der Waals surface area contributed by atoms with E-state index in [0.717, 1.165) is 0 Å². The van der Waals surface area contributed by atoms with E-state index in [9.17, 15) is 9.59 Å². The fraction of sp³-hybridized carbons (Fsp3) is 0.833. The summed E-state index contributed by atoms with van der Waals surface area (Å²) >= 11 is 3.34. The molecule has 0 spiro atoms. The number of halogens is 1. The molecular weight excluding hydrogens is 374 g/mol. The third kappa shape index (κ3) is 1.63. The fourth-order valence-electron chi connectivity index (χ4n) is 3.88. The predicted octanol–water partition coefficient (Wildman–Crippen LogP) is -0.103. The summed E-state index contributed by atoms with van der Waals surface area (Å²) < 4.78 is 16.5. The third-order valence-corrected chi connectivity index (χ3v) is 5.66. The van der Waals surface area contributed by atoms with E-state index in [1.807, 2.05) is 13.8 Å². The molecule has 4 fully saturated rings. The standard InChI is InChI=1S/C12H14BrN5O5/c1-11(2)22-5-4-3-17-9-12(13,15-16-17)8(19)14-10(20)18(9)7(21-4)6(5)23-11/h4-7,9H,3H2,1-2H3,(H,14,19,20)/t4-,5+,6?,7-,9?,12?/m1/s1. The Morgan fingerprint density at radius 3 is 2.83 bits per heavy atom. The first-order valence-corrected chi connectivity index (χ1v) is 8.13. The van der Waals surface area contributed by atoms with Gasteiger partial charge >= 0.3 is 6.03 Å². The highest BCUT2D eigenvalue weighted by molar-refractivity contribution is 9.10. The number of nitrogens with one attached hydrogen (secondary N) is 1. The van der Waals surface area contributed by atoms with Gasteiger partial charge in [-0.2, -0.15) is 0 Å². The molecule has 5 rings (SSSR count). The molecule has 10 nitrogen and oxygen atoms in total. The van der Waals surface area contributed by atoms with Gasteiger partial charge in [0.25, 0.3) is 10.4 Å². The van der Waals surface area contributed by atoms with E-state index in [0.29, 0.717) is 6.54 Å². The van der Waals surface area contributed by atoms with Crippen molar-refractivity contribution in [2.75, 3.05) is 6.54 Å². The van der Waals surface area contributed by atoms with Crippen molar-refractivity contribution in [3.8, 4) is 0 Å². The Hall–Kier alpha value is -1.30. The first-order valence-electron chi connectivity index (χ1n) is 7.33. The SMILES string of the molecule is CC1(C)OC2[C@@H](O1)[C@H]1CN3N=NC4(Br)C(=O)NC(=O)N(C34)[C@@H]2O1. The van der Waals surface area contributed by atoms with Gasteiger partial charge in [-0.25, -0.2) is 9.80 Å². The lowest BCUT2D eigenvalue weighted by molar-refractivity contribution is -0.199. The summed E-state index contributed by atoms with van der Waals surface area (Å²) in [5.74, 6) is -1.28. The van der Waals surface area contributed by atoms with Crippen LogP contribution in [-0.4, -0.2) is 69.3 Å². The van der Waals surface area contributed by atoms with Gasteiger partial charge in [0.05, 0.1) is 6.54 Å². The van der Waals surface area contributed by atoms with Crippen LogP contribution in [0.2, 0.25) is 0 Å². The zero-order valence-corrected chi connectivity index (χ0v) is 13.9. The van der Waals surface area contributed by atoms with Crippen LogP contribution in [0.15, 0.2) is 10.3 Å². The molecule has 0 aromatic carbocycles. The van der Waals surface area contributed by atoms with E-state index in [1.54, 1.807) is 5.01 Å². The molecule has 0 aliphatic carbocycles. The zero-order valence-electron chi connectivity index (χ0n) is 12.3. The normalized spacial score (nSPS) is 49.1. The Kier molecular flexibility index (Phi) is 2.46.